The number of rotatable bonds is 0. The largest absolute Gasteiger partial charge is 0.315 e. The van der Waals surface area contributed by atoms with Gasteiger partial charge in [-0.2, -0.15) is 0 Å². The second-order valence-electron chi connectivity index (χ2n) is 2.08. The van der Waals surface area contributed by atoms with E-state index in [1.165, 1.54) is 0 Å². The summed E-state index contributed by atoms with van der Waals surface area (Å²) in [5.74, 6) is 0. The van der Waals surface area contributed by atoms with Crippen molar-refractivity contribution >= 4 is 0 Å². The van der Waals surface area contributed by atoms with E-state index in [1.54, 1.807) is 0 Å². The Bertz CT molecular complexity index is 56.4. The molecule has 1 fully saturated rings. The number of hydrazine groups is 1. The molecule has 0 spiro atoms. The Kier molecular flexibility index (Phi) is 1.80. The molecule has 1 saturated heterocycles. The van der Waals surface area contributed by atoms with Crippen LogP contribution in [0.2, 0.25) is 0 Å². The van der Waals surface area contributed by atoms with Crippen molar-refractivity contribution < 1.29 is 0 Å². The summed E-state index contributed by atoms with van der Waals surface area (Å²) in [5, 5.41) is 0. The average molecular weight is 116 g/mol. The third-order valence-corrected chi connectivity index (χ3v) is 1.24. The molecular formula is C4H12N4. The summed E-state index contributed by atoms with van der Waals surface area (Å²) >= 11 is 0. The summed E-state index contributed by atoms with van der Waals surface area (Å²) in [4.78, 5) is 0. The Morgan fingerprint density at radius 1 is 1.00 bits per heavy atom. The number of hydrogen-bond donors (Lipinski definition) is 4. The van der Waals surface area contributed by atoms with Gasteiger partial charge in [-0.25, -0.2) is 10.9 Å². The number of hydrogen-bond acceptors (Lipinski definition) is 4. The molecule has 6 N–H and O–H groups in total. The monoisotopic (exact) mass is 116 g/mol. The summed E-state index contributed by atoms with van der Waals surface area (Å²) in [5.41, 5.74) is 16.6. The van der Waals surface area contributed by atoms with E-state index in [2.05, 4.69) is 10.9 Å². The van der Waals surface area contributed by atoms with E-state index in [0.717, 1.165) is 12.8 Å². The van der Waals surface area contributed by atoms with Crippen molar-refractivity contribution in [1.29, 1.82) is 0 Å². The van der Waals surface area contributed by atoms with Crippen molar-refractivity contribution in [1.82, 2.24) is 10.9 Å². The molecule has 0 aliphatic carbocycles. The van der Waals surface area contributed by atoms with Crippen LogP contribution >= 0.6 is 0 Å². The molecule has 1 heterocycles. The van der Waals surface area contributed by atoms with Crippen LogP contribution in [0, 0.1) is 0 Å². The Hall–Kier alpha value is -0.160. The maximum atomic E-state index is 5.47. The fourth-order valence-electron chi connectivity index (χ4n) is 0.718. The summed E-state index contributed by atoms with van der Waals surface area (Å²) in [6.07, 6.45) is 2.06. The van der Waals surface area contributed by atoms with Crippen molar-refractivity contribution in [2.45, 2.75) is 25.2 Å². The molecule has 8 heavy (non-hydrogen) atoms. The van der Waals surface area contributed by atoms with Crippen LogP contribution in [0.15, 0.2) is 0 Å². The Morgan fingerprint density at radius 3 is 1.62 bits per heavy atom. The molecule has 2 unspecified atom stereocenters. The second kappa shape index (κ2) is 2.41. The molecule has 0 radical (unpaired) electrons. The van der Waals surface area contributed by atoms with Crippen molar-refractivity contribution in [2.75, 3.05) is 0 Å². The molecule has 4 nitrogen and oxygen atoms in total. The minimum Gasteiger partial charge on any atom is -0.315 e. The molecule has 2 atom stereocenters. The first-order chi connectivity index (χ1) is 3.79. The van der Waals surface area contributed by atoms with Crippen LogP contribution in [0.4, 0.5) is 0 Å². The lowest BCUT2D eigenvalue weighted by Gasteiger charge is -2.25. The van der Waals surface area contributed by atoms with Gasteiger partial charge >= 0.3 is 0 Å². The van der Waals surface area contributed by atoms with Crippen LogP contribution in [-0.2, 0) is 0 Å². The summed E-state index contributed by atoms with van der Waals surface area (Å²) in [6.45, 7) is 0. The summed E-state index contributed by atoms with van der Waals surface area (Å²) < 4.78 is 0. The fourth-order valence-corrected chi connectivity index (χ4v) is 0.718. The molecule has 1 rings (SSSR count). The van der Waals surface area contributed by atoms with Crippen molar-refractivity contribution in [3.8, 4) is 0 Å². The van der Waals surface area contributed by atoms with Gasteiger partial charge in [0.05, 0.1) is 12.3 Å². The van der Waals surface area contributed by atoms with E-state index < -0.39 is 0 Å². The first-order valence-electron chi connectivity index (χ1n) is 2.81. The maximum absolute atomic E-state index is 5.47. The van der Waals surface area contributed by atoms with Crippen molar-refractivity contribution in [2.24, 2.45) is 11.5 Å². The zero-order valence-corrected chi connectivity index (χ0v) is 4.72. The van der Waals surface area contributed by atoms with E-state index in [0.29, 0.717) is 0 Å². The van der Waals surface area contributed by atoms with Crippen molar-refractivity contribution in [3.63, 3.8) is 0 Å². The van der Waals surface area contributed by atoms with Crippen LogP contribution < -0.4 is 22.3 Å². The number of nitrogens with two attached hydrogens (primary N) is 2. The van der Waals surface area contributed by atoms with E-state index >= 15 is 0 Å². The summed E-state index contributed by atoms with van der Waals surface area (Å²) in [7, 11) is 0. The van der Waals surface area contributed by atoms with Gasteiger partial charge in [-0.3, -0.25) is 0 Å². The highest BCUT2D eigenvalue weighted by Gasteiger charge is 2.11. The third-order valence-electron chi connectivity index (χ3n) is 1.24. The molecule has 4 heteroatoms. The molecule has 0 saturated carbocycles. The fraction of sp³-hybridized carbons (Fsp3) is 1.00. The normalized spacial score (nSPS) is 39.8. The molecule has 48 valence electrons. The maximum Gasteiger partial charge on any atom is 0.0680 e. The van der Waals surface area contributed by atoms with Gasteiger partial charge in [0.1, 0.15) is 0 Å². The first kappa shape index (κ1) is 5.97. The quantitative estimate of drug-likeness (QED) is 0.309. The molecule has 0 amide bonds. The Morgan fingerprint density at radius 2 is 1.38 bits per heavy atom. The van der Waals surface area contributed by atoms with Crippen LogP contribution in [0.5, 0.6) is 0 Å². The predicted molar refractivity (Wildman–Crippen MR) is 31.5 cm³/mol. The number of nitrogens with one attached hydrogen (secondary N) is 2. The Balaban J connectivity index is 2.19. The lowest BCUT2D eigenvalue weighted by Crippen LogP contribution is -2.58. The van der Waals surface area contributed by atoms with Gasteiger partial charge in [-0.15, -0.1) is 0 Å². The molecule has 0 aromatic heterocycles. The highest BCUT2D eigenvalue weighted by atomic mass is 15.4. The minimum atomic E-state index is 0.0785. The van der Waals surface area contributed by atoms with E-state index in [4.69, 9.17) is 11.5 Å². The zero-order valence-electron chi connectivity index (χ0n) is 4.72. The third kappa shape index (κ3) is 1.41. The zero-order chi connectivity index (χ0) is 5.98. The average Bonchev–Trinajstić information content (AvgIpc) is 1.77. The summed E-state index contributed by atoms with van der Waals surface area (Å²) in [6, 6.07) is 0. The van der Waals surface area contributed by atoms with Crippen LogP contribution in [0.3, 0.4) is 0 Å². The van der Waals surface area contributed by atoms with Gasteiger partial charge in [0, 0.05) is 0 Å². The van der Waals surface area contributed by atoms with Gasteiger partial charge in [-0.1, -0.05) is 0 Å². The van der Waals surface area contributed by atoms with Gasteiger partial charge in [0.25, 0.3) is 0 Å². The smallest absolute Gasteiger partial charge is 0.0680 e. The van der Waals surface area contributed by atoms with Gasteiger partial charge < -0.3 is 11.5 Å². The van der Waals surface area contributed by atoms with E-state index in [9.17, 15) is 0 Å². The van der Waals surface area contributed by atoms with E-state index in [-0.39, 0.29) is 12.3 Å². The molecule has 0 aromatic carbocycles. The molecule has 0 aromatic rings. The van der Waals surface area contributed by atoms with Crippen LogP contribution in [0.1, 0.15) is 12.8 Å². The van der Waals surface area contributed by atoms with Gasteiger partial charge in [0.15, 0.2) is 0 Å². The first-order valence-corrected chi connectivity index (χ1v) is 2.81. The molecule has 1 aliphatic heterocycles. The topological polar surface area (TPSA) is 76.1 Å². The molecular weight excluding hydrogens is 104 g/mol. The molecule has 1 aliphatic rings. The lowest BCUT2D eigenvalue weighted by atomic mass is 10.2. The standard InChI is InChI=1S/C4H12N4/c5-3-1-2-4(6)8-7-3/h3-4,7-8H,1-2,5-6H2. The van der Waals surface area contributed by atoms with Crippen LogP contribution in [-0.4, -0.2) is 12.3 Å². The van der Waals surface area contributed by atoms with E-state index in [1.807, 2.05) is 0 Å². The van der Waals surface area contributed by atoms with Gasteiger partial charge in [-0.05, 0) is 12.8 Å². The molecule has 0 bridgehead atoms. The lowest BCUT2D eigenvalue weighted by molar-refractivity contribution is 0.284. The minimum absolute atomic E-state index is 0.0785. The second-order valence-corrected chi connectivity index (χ2v) is 2.08. The SMILES string of the molecule is NC1CCC(N)NN1. The van der Waals surface area contributed by atoms with Crippen molar-refractivity contribution in [3.05, 3.63) is 0 Å². The van der Waals surface area contributed by atoms with Crippen LogP contribution in [0.25, 0.3) is 0 Å². The van der Waals surface area contributed by atoms with Gasteiger partial charge in [0.2, 0.25) is 0 Å². The highest BCUT2D eigenvalue weighted by molar-refractivity contribution is 4.67. The Labute approximate surface area is 48.6 Å². The predicted octanol–water partition coefficient (Wildman–Crippen LogP) is -1.56. The highest BCUT2D eigenvalue weighted by Crippen LogP contribution is 1.96.